The molecule has 0 saturated heterocycles. The number of benzene rings is 1. The topological polar surface area (TPSA) is 119 Å². The molecule has 2 aromatic rings. The molecule has 1 aromatic carbocycles. The number of nitrogens with one attached hydrogen (secondary N) is 1. The molecule has 0 spiro atoms. The number of aryl methyl sites for hydroxylation is 1. The molecule has 0 saturated carbocycles. The maximum Gasteiger partial charge on any atom is 0.326 e. The summed E-state index contributed by atoms with van der Waals surface area (Å²) in [7, 11) is 0. The number of esters is 1. The number of carbonyl (C=O) groups excluding carboxylic acids is 4. The molecule has 0 atom stereocenters. The number of nitrogens with zero attached hydrogens (tertiary/aromatic N) is 3. The average Bonchev–Trinajstić information content (AvgIpc) is 3.18. The van der Waals surface area contributed by atoms with Crippen LogP contribution in [0.25, 0.3) is 0 Å². The van der Waals surface area contributed by atoms with E-state index in [0.717, 1.165) is 22.7 Å². The summed E-state index contributed by atoms with van der Waals surface area (Å²) in [5, 5.41) is 11.4. The van der Waals surface area contributed by atoms with Crippen molar-refractivity contribution in [1.29, 1.82) is 0 Å². The van der Waals surface area contributed by atoms with Crippen molar-refractivity contribution in [2.24, 2.45) is 0 Å². The van der Waals surface area contributed by atoms with Gasteiger partial charge in [0.25, 0.3) is 17.6 Å². The van der Waals surface area contributed by atoms with Gasteiger partial charge in [-0.2, -0.15) is 0 Å². The Morgan fingerprint density at radius 2 is 2.07 bits per heavy atom. The maximum absolute atomic E-state index is 12.1. The first-order valence-electron chi connectivity index (χ1n) is 8.32. The second kappa shape index (κ2) is 8.57. The van der Waals surface area contributed by atoms with Crippen LogP contribution in [0, 0.1) is 0 Å². The fourth-order valence-electron chi connectivity index (χ4n) is 2.52. The lowest BCUT2D eigenvalue weighted by atomic mass is 10.1. The molecule has 146 valence electrons. The quantitative estimate of drug-likeness (QED) is 0.489. The van der Waals surface area contributed by atoms with Gasteiger partial charge >= 0.3 is 5.97 Å². The van der Waals surface area contributed by atoms with Crippen LogP contribution in [-0.2, 0) is 25.5 Å². The van der Waals surface area contributed by atoms with Gasteiger partial charge in [0, 0.05) is 10.9 Å². The molecule has 11 heteroatoms. The fraction of sp³-hybridized carbons (Fsp3) is 0.294. The lowest BCUT2D eigenvalue weighted by Crippen LogP contribution is -2.36. The number of hydrogen-bond donors (Lipinski definition) is 1. The third-order valence-corrected chi connectivity index (χ3v) is 5.15. The predicted molar refractivity (Wildman–Crippen MR) is 104 cm³/mol. The van der Waals surface area contributed by atoms with Crippen molar-refractivity contribution in [3.8, 4) is 0 Å². The lowest BCUT2D eigenvalue weighted by Gasteiger charge is -2.15. The van der Waals surface area contributed by atoms with Gasteiger partial charge in [0.1, 0.15) is 11.6 Å². The summed E-state index contributed by atoms with van der Waals surface area (Å²) >= 11 is 4.49. The molecule has 0 fully saturated rings. The monoisotopic (exact) mass is 466 g/mol. The molecule has 2 amide bonds. The second-order valence-electron chi connectivity index (χ2n) is 5.84. The minimum atomic E-state index is -0.813. The molecule has 2 heterocycles. The number of aromatic nitrogens is 2. The summed E-state index contributed by atoms with van der Waals surface area (Å²) in [5.41, 5.74) is 0.543. The van der Waals surface area contributed by atoms with Crippen LogP contribution in [-0.4, -0.2) is 46.9 Å². The van der Waals surface area contributed by atoms with Crippen molar-refractivity contribution in [3.63, 3.8) is 0 Å². The van der Waals surface area contributed by atoms with Crippen LogP contribution < -0.4 is 10.2 Å². The Morgan fingerprint density at radius 1 is 1.29 bits per heavy atom. The second-order valence-corrected chi connectivity index (χ2v) is 7.82. The zero-order valence-electron chi connectivity index (χ0n) is 14.7. The van der Waals surface area contributed by atoms with Crippen LogP contribution in [0.15, 0.2) is 22.7 Å². The molecule has 9 nitrogen and oxygen atoms in total. The van der Waals surface area contributed by atoms with E-state index in [4.69, 9.17) is 4.74 Å². The van der Waals surface area contributed by atoms with Crippen molar-refractivity contribution in [3.05, 3.63) is 33.2 Å². The number of carbonyl (C=O) groups is 4. The van der Waals surface area contributed by atoms with Crippen LogP contribution in [0.5, 0.6) is 0 Å². The van der Waals surface area contributed by atoms with Crippen LogP contribution in [0.2, 0.25) is 0 Å². The van der Waals surface area contributed by atoms with Crippen molar-refractivity contribution >= 4 is 61.7 Å². The maximum atomic E-state index is 12.1. The van der Waals surface area contributed by atoms with E-state index in [1.54, 1.807) is 12.1 Å². The highest BCUT2D eigenvalue weighted by atomic mass is 79.9. The molecule has 28 heavy (non-hydrogen) atoms. The Kier molecular flexibility index (Phi) is 6.15. The number of ketones is 1. The number of rotatable bonds is 7. The van der Waals surface area contributed by atoms with Crippen molar-refractivity contribution in [2.75, 3.05) is 23.4 Å². The van der Waals surface area contributed by atoms with Crippen LogP contribution >= 0.6 is 27.3 Å². The Balaban J connectivity index is 1.54. The van der Waals surface area contributed by atoms with Crippen LogP contribution in [0.1, 0.15) is 28.7 Å². The first kappa shape index (κ1) is 20.1. The Morgan fingerprint density at radius 3 is 2.82 bits per heavy atom. The van der Waals surface area contributed by atoms with E-state index in [0.29, 0.717) is 15.3 Å². The smallest absolute Gasteiger partial charge is 0.326 e. The number of ether oxygens (including phenoxy) is 1. The molecule has 0 unspecified atom stereocenters. The van der Waals surface area contributed by atoms with Crippen LogP contribution in [0.3, 0.4) is 0 Å². The van der Waals surface area contributed by atoms with Crippen LogP contribution in [0.4, 0.5) is 10.8 Å². The summed E-state index contributed by atoms with van der Waals surface area (Å²) in [6, 6.07) is 4.74. The van der Waals surface area contributed by atoms with Gasteiger partial charge in [-0.25, -0.2) is 0 Å². The third-order valence-electron chi connectivity index (χ3n) is 3.76. The fourth-order valence-corrected chi connectivity index (χ4v) is 3.74. The highest BCUT2D eigenvalue weighted by Crippen LogP contribution is 2.31. The van der Waals surface area contributed by atoms with E-state index >= 15 is 0 Å². The lowest BCUT2D eigenvalue weighted by molar-refractivity contribution is -0.146. The van der Waals surface area contributed by atoms with Gasteiger partial charge in [0.05, 0.1) is 11.3 Å². The highest BCUT2D eigenvalue weighted by molar-refractivity contribution is 9.10. The standard InChI is InChI=1S/C17H15BrN4O5S/c1-2-3-13-20-21-17(28-13)19-12(23)8-27-14(24)7-22-11-5-4-9(18)6-10(11)15(25)16(22)26/h4-6H,2-3,7-8H2,1H3,(H,19,21,23). The highest BCUT2D eigenvalue weighted by Gasteiger charge is 2.37. The summed E-state index contributed by atoms with van der Waals surface area (Å²) < 4.78 is 5.55. The van der Waals surface area contributed by atoms with Gasteiger partial charge < -0.3 is 4.74 Å². The van der Waals surface area contributed by atoms with Crippen molar-refractivity contribution in [2.45, 2.75) is 19.8 Å². The Hall–Kier alpha value is -2.66. The van der Waals surface area contributed by atoms with Gasteiger partial charge in [0.2, 0.25) is 5.13 Å². The Bertz CT molecular complexity index is 961. The minimum Gasteiger partial charge on any atom is -0.454 e. The predicted octanol–water partition coefficient (Wildman–Crippen LogP) is 1.96. The molecule has 0 radical (unpaired) electrons. The first-order valence-corrected chi connectivity index (χ1v) is 9.93. The third kappa shape index (κ3) is 4.42. The molecule has 1 aliphatic heterocycles. The number of fused-ring (bicyclic) bond motifs is 1. The van der Waals surface area contributed by atoms with E-state index in [-0.39, 0.29) is 5.56 Å². The summed E-state index contributed by atoms with van der Waals surface area (Å²) in [6.45, 7) is 1.01. The number of anilines is 2. The molecule has 3 rings (SSSR count). The molecular weight excluding hydrogens is 452 g/mol. The summed E-state index contributed by atoms with van der Waals surface area (Å²) in [5.74, 6) is -2.88. The SMILES string of the molecule is CCCc1nnc(NC(=O)COC(=O)CN2C(=O)C(=O)c3cc(Br)ccc32)s1. The minimum absolute atomic E-state index is 0.212. The molecular formula is C17H15BrN4O5S. The zero-order chi connectivity index (χ0) is 20.3. The van der Waals surface area contributed by atoms with Gasteiger partial charge in [0.15, 0.2) is 6.61 Å². The van der Waals surface area contributed by atoms with Gasteiger partial charge in [-0.05, 0) is 24.6 Å². The van der Waals surface area contributed by atoms with E-state index in [2.05, 4.69) is 31.4 Å². The first-order chi connectivity index (χ1) is 13.4. The molecule has 1 aromatic heterocycles. The summed E-state index contributed by atoms with van der Waals surface area (Å²) in [6.07, 6.45) is 1.68. The molecule has 0 aliphatic carbocycles. The van der Waals surface area contributed by atoms with Crippen molar-refractivity contribution < 1.29 is 23.9 Å². The number of hydrogen-bond acceptors (Lipinski definition) is 8. The van der Waals surface area contributed by atoms with Gasteiger partial charge in [-0.15, -0.1) is 10.2 Å². The molecule has 1 N–H and O–H groups in total. The van der Waals surface area contributed by atoms with E-state index in [9.17, 15) is 19.2 Å². The number of halogens is 1. The van der Waals surface area contributed by atoms with E-state index in [1.165, 1.54) is 17.4 Å². The normalized spacial score (nSPS) is 12.9. The van der Waals surface area contributed by atoms with Gasteiger partial charge in [-0.3, -0.25) is 29.4 Å². The van der Waals surface area contributed by atoms with E-state index < -0.39 is 36.7 Å². The number of Topliss-reactive ketones (excluding diaryl/α,β-unsaturated/α-hetero) is 1. The molecule has 1 aliphatic rings. The van der Waals surface area contributed by atoms with E-state index in [1.807, 2.05) is 6.92 Å². The molecule has 0 bridgehead atoms. The van der Waals surface area contributed by atoms with Gasteiger partial charge in [-0.1, -0.05) is 34.2 Å². The number of amides is 2. The largest absolute Gasteiger partial charge is 0.454 e. The Labute approximate surface area is 172 Å². The average molecular weight is 467 g/mol. The summed E-state index contributed by atoms with van der Waals surface area (Å²) in [4.78, 5) is 49.1. The zero-order valence-corrected chi connectivity index (χ0v) is 17.1. The van der Waals surface area contributed by atoms with Crippen molar-refractivity contribution in [1.82, 2.24) is 10.2 Å².